The Hall–Kier alpha value is -1.96. The SMILES string of the molecule is COC(=O)C(c1ccc(Cl)cc1)N1CCN(C(=O)c2cc(F)ccc2Br)CC1. The summed E-state index contributed by atoms with van der Waals surface area (Å²) in [7, 11) is 1.35. The van der Waals surface area contributed by atoms with E-state index in [1.54, 1.807) is 29.2 Å². The second-order valence-corrected chi connectivity index (χ2v) is 7.72. The van der Waals surface area contributed by atoms with Gasteiger partial charge >= 0.3 is 5.97 Å². The summed E-state index contributed by atoms with van der Waals surface area (Å²) in [6.45, 7) is 1.81. The Morgan fingerprint density at radius 3 is 2.36 bits per heavy atom. The van der Waals surface area contributed by atoms with E-state index in [0.29, 0.717) is 35.7 Å². The molecule has 1 unspecified atom stereocenters. The van der Waals surface area contributed by atoms with Gasteiger partial charge in [-0.3, -0.25) is 9.69 Å². The molecule has 0 radical (unpaired) electrons. The van der Waals surface area contributed by atoms with Crippen LogP contribution in [0, 0.1) is 5.82 Å². The van der Waals surface area contributed by atoms with E-state index >= 15 is 0 Å². The first-order valence-corrected chi connectivity index (χ1v) is 9.89. The topological polar surface area (TPSA) is 49.9 Å². The number of amides is 1. The minimum atomic E-state index is -0.569. The van der Waals surface area contributed by atoms with Crippen LogP contribution in [0.1, 0.15) is 22.0 Å². The molecule has 1 heterocycles. The van der Waals surface area contributed by atoms with E-state index in [1.807, 2.05) is 4.90 Å². The quantitative estimate of drug-likeness (QED) is 0.637. The van der Waals surface area contributed by atoms with Crippen LogP contribution in [-0.2, 0) is 9.53 Å². The van der Waals surface area contributed by atoms with Crippen LogP contribution in [0.4, 0.5) is 4.39 Å². The maximum Gasteiger partial charge on any atom is 0.327 e. The van der Waals surface area contributed by atoms with Gasteiger partial charge in [-0.05, 0) is 51.8 Å². The first-order chi connectivity index (χ1) is 13.4. The van der Waals surface area contributed by atoms with Crippen LogP contribution in [0.15, 0.2) is 46.9 Å². The molecule has 1 saturated heterocycles. The number of esters is 1. The number of piperazine rings is 1. The largest absolute Gasteiger partial charge is 0.468 e. The number of nitrogens with zero attached hydrogens (tertiary/aromatic N) is 2. The minimum Gasteiger partial charge on any atom is -0.468 e. The summed E-state index contributed by atoms with van der Waals surface area (Å²) < 4.78 is 19.1. The van der Waals surface area contributed by atoms with Gasteiger partial charge in [0.05, 0.1) is 12.7 Å². The van der Waals surface area contributed by atoms with E-state index in [0.717, 1.165) is 5.56 Å². The van der Waals surface area contributed by atoms with Crippen molar-refractivity contribution in [3.63, 3.8) is 0 Å². The lowest BCUT2D eigenvalue weighted by molar-refractivity contribution is -0.148. The van der Waals surface area contributed by atoms with E-state index < -0.39 is 11.9 Å². The van der Waals surface area contributed by atoms with E-state index in [4.69, 9.17) is 16.3 Å². The van der Waals surface area contributed by atoms with Crippen molar-refractivity contribution in [1.29, 1.82) is 0 Å². The molecular formula is C20H19BrClFN2O3. The van der Waals surface area contributed by atoms with Crippen LogP contribution in [0.5, 0.6) is 0 Å². The normalized spacial score (nSPS) is 15.9. The molecule has 0 spiro atoms. The molecule has 0 saturated carbocycles. The molecule has 0 bridgehead atoms. The molecule has 0 aliphatic carbocycles. The Morgan fingerprint density at radius 1 is 1.11 bits per heavy atom. The number of methoxy groups -OCH3 is 1. The van der Waals surface area contributed by atoms with Crippen molar-refractivity contribution >= 4 is 39.4 Å². The van der Waals surface area contributed by atoms with E-state index in [2.05, 4.69) is 15.9 Å². The van der Waals surface area contributed by atoms with Crippen molar-refractivity contribution < 1.29 is 18.7 Å². The summed E-state index contributed by atoms with van der Waals surface area (Å²) in [6, 6.07) is 10.5. The molecular weight excluding hydrogens is 451 g/mol. The van der Waals surface area contributed by atoms with Crippen LogP contribution in [-0.4, -0.2) is 55.0 Å². The highest BCUT2D eigenvalue weighted by molar-refractivity contribution is 9.10. The first-order valence-electron chi connectivity index (χ1n) is 8.72. The van der Waals surface area contributed by atoms with Crippen molar-refractivity contribution in [3.8, 4) is 0 Å². The number of carbonyl (C=O) groups excluding carboxylic acids is 2. The van der Waals surface area contributed by atoms with Gasteiger partial charge in [0.15, 0.2) is 0 Å². The van der Waals surface area contributed by atoms with Gasteiger partial charge in [-0.2, -0.15) is 0 Å². The second-order valence-electron chi connectivity index (χ2n) is 6.43. The fourth-order valence-corrected chi connectivity index (χ4v) is 3.81. The van der Waals surface area contributed by atoms with Gasteiger partial charge < -0.3 is 9.64 Å². The van der Waals surface area contributed by atoms with Crippen LogP contribution >= 0.6 is 27.5 Å². The van der Waals surface area contributed by atoms with Crippen LogP contribution < -0.4 is 0 Å². The maximum atomic E-state index is 13.5. The van der Waals surface area contributed by atoms with Crippen LogP contribution in [0.25, 0.3) is 0 Å². The Bertz CT molecular complexity index is 870. The van der Waals surface area contributed by atoms with Gasteiger partial charge in [-0.15, -0.1) is 0 Å². The van der Waals surface area contributed by atoms with E-state index in [-0.39, 0.29) is 17.4 Å². The summed E-state index contributed by atoms with van der Waals surface area (Å²) in [5.41, 5.74) is 1.07. The van der Waals surface area contributed by atoms with Crippen LogP contribution in [0.3, 0.4) is 0 Å². The van der Waals surface area contributed by atoms with Gasteiger partial charge in [0.2, 0.25) is 0 Å². The number of halogens is 3. The number of hydrogen-bond donors (Lipinski definition) is 0. The Kier molecular flexibility index (Phi) is 6.69. The summed E-state index contributed by atoms with van der Waals surface area (Å²) in [5.74, 6) is -1.07. The fraction of sp³-hybridized carbons (Fsp3) is 0.300. The van der Waals surface area contributed by atoms with Gasteiger partial charge in [0.1, 0.15) is 11.9 Å². The third-order valence-corrected chi connectivity index (χ3v) is 5.68. The molecule has 28 heavy (non-hydrogen) atoms. The predicted molar refractivity (Wildman–Crippen MR) is 108 cm³/mol. The molecule has 1 amide bonds. The average Bonchev–Trinajstić information content (AvgIpc) is 2.71. The number of rotatable bonds is 4. The zero-order chi connectivity index (χ0) is 20.3. The molecule has 148 valence electrons. The molecule has 1 atom stereocenters. The van der Waals surface area contributed by atoms with Crippen molar-refractivity contribution in [2.75, 3.05) is 33.3 Å². The molecule has 8 heteroatoms. The summed E-state index contributed by atoms with van der Waals surface area (Å²) in [5, 5.41) is 0.587. The zero-order valence-corrected chi connectivity index (χ0v) is 17.5. The molecule has 2 aromatic rings. The van der Waals surface area contributed by atoms with Gasteiger partial charge in [0.25, 0.3) is 5.91 Å². The average molecular weight is 470 g/mol. The molecule has 1 aliphatic heterocycles. The summed E-state index contributed by atoms with van der Waals surface area (Å²) in [4.78, 5) is 28.8. The highest BCUT2D eigenvalue weighted by Crippen LogP contribution is 2.26. The fourth-order valence-electron chi connectivity index (χ4n) is 3.27. The third kappa shape index (κ3) is 4.54. The molecule has 5 nitrogen and oxygen atoms in total. The Morgan fingerprint density at radius 2 is 1.75 bits per heavy atom. The standard InChI is InChI=1S/C20H19BrClFN2O3/c1-28-20(27)18(13-2-4-14(22)5-3-13)24-8-10-25(11-9-24)19(26)16-12-15(23)6-7-17(16)21/h2-7,12,18H,8-11H2,1H3. The molecule has 2 aromatic carbocycles. The highest BCUT2D eigenvalue weighted by atomic mass is 79.9. The highest BCUT2D eigenvalue weighted by Gasteiger charge is 2.33. The smallest absolute Gasteiger partial charge is 0.327 e. The lowest BCUT2D eigenvalue weighted by Crippen LogP contribution is -2.51. The van der Waals surface area contributed by atoms with Gasteiger partial charge in [-0.1, -0.05) is 23.7 Å². The van der Waals surface area contributed by atoms with Crippen molar-refractivity contribution in [1.82, 2.24) is 9.80 Å². The van der Waals surface area contributed by atoms with Gasteiger partial charge in [0, 0.05) is 35.7 Å². The molecule has 3 rings (SSSR count). The first kappa shape index (κ1) is 20.8. The number of ether oxygens (including phenoxy) is 1. The van der Waals surface area contributed by atoms with Gasteiger partial charge in [-0.25, -0.2) is 9.18 Å². The summed E-state index contributed by atoms with van der Waals surface area (Å²) >= 11 is 9.25. The third-order valence-electron chi connectivity index (χ3n) is 4.74. The summed E-state index contributed by atoms with van der Waals surface area (Å²) in [6.07, 6.45) is 0. The number of carbonyl (C=O) groups is 2. The molecule has 0 N–H and O–H groups in total. The van der Waals surface area contributed by atoms with Crippen molar-refractivity contribution in [3.05, 3.63) is 68.9 Å². The molecule has 0 aromatic heterocycles. The van der Waals surface area contributed by atoms with E-state index in [1.165, 1.54) is 25.3 Å². The monoisotopic (exact) mass is 468 g/mol. The maximum absolute atomic E-state index is 13.5. The Labute approximate surface area is 176 Å². The molecule has 1 aliphatic rings. The zero-order valence-electron chi connectivity index (χ0n) is 15.2. The lowest BCUT2D eigenvalue weighted by Gasteiger charge is -2.38. The van der Waals surface area contributed by atoms with Crippen molar-refractivity contribution in [2.45, 2.75) is 6.04 Å². The van der Waals surface area contributed by atoms with E-state index in [9.17, 15) is 14.0 Å². The predicted octanol–water partition coefficient (Wildman–Crippen LogP) is 3.91. The molecule has 1 fully saturated rings. The second kappa shape index (κ2) is 9.03. The van der Waals surface area contributed by atoms with Crippen molar-refractivity contribution in [2.24, 2.45) is 0 Å². The Balaban J connectivity index is 1.73. The number of benzene rings is 2. The number of hydrogen-bond acceptors (Lipinski definition) is 4. The lowest BCUT2D eigenvalue weighted by atomic mass is 10.0. The van der Waals surface area contributed by atoms with Crippen LogP contribution in [0.2, 0.25) is 5.02 Å². The minimum absolute atomic E-state index is 0.243.